The van der Waals surface area contributed by atoms with Crippen molar-refractivity contribution in [3.05, 3.63) is 29.8 Å². The topological polar surface area (TPSA) is 79.5 Å². The van der Waals surface area contributed by atoms with E-state index in [0.717, 1.165) is 37.2 Å². The van der Waals surface area contributed by atoms with Gasteiger partial charge in [-0.1, -0.05) is 12.1 Å². The number of anilines is 1. The monoisotopic (exact) mass is 339 g/mol. The van der Waals surface area contributed by atoms with Gasteiger partial charge in [-0.3, -0.25) is 9.59 Å². The Morgan fingerprint density at radius 1 is 1.26 bits per heavy atom. The predicted molar refractivity (Wildman–Crippen MR) is 89.5 cm³/mol. The fourth-order valence-corrected chi connectivity index (χ4v) is 2.57. The molecule has 3 rings (SSSR count). The summed E-state index contributed by atoms with van der Waals surface area (Å²) in [7, 11) is 0. The van der Waals surface area contributed by atoms with Crippen molar-refractivity contribution >= 4 is 29.9 Å². The fraction of sp³-hybridized carbons (Fsp3) is 0.500. The van der Waals surface area contributed by atoms with Gasteiger partial charge >= 0.3 is 0 Å². The van der Waals surface area contributed by atoms with Gasteiger partial charge < -0.3 is 20.7 Å². The number of carbonyl (C=O) groups is 2. The lowest BCUT2D eigenvalue weighted by molar-refractivity contribution is -0.126. The molecule has 1 aromatic carbocycles. The van der Waals surface area contributed by atoms with Crippen molar-refractivity contribution in [2.75, 3.05) is 25.0 Å². The molecule has 0 radical (unpaired) electrons. The van der Waals surface area contributed by atoms with Crippen LogP contribution < -0.4 is 16.0 Å². The number of hydrogen-bond acceptors (Lipinski definition) is 4. The molecular formula is C16H22ClN3O3. The molecule has 23 heavy (non-hydrogen) atoms. The third-order valence-electron chi connectivity index (χ3n) is 4.04. The van der Waals surface area contributed by atoms with Crippen molar-refractivity contribution < 1.29 is 14.3 Å². The molecule has 1 atom stereocenters. The predicted octanol–water partition coefficient (Wildman–Crippen LogP) is 1.06. The number of carbonyl (C=O) groups excluding carboxylic acids is 2. The van der Waals surface area contributed by atoms with Gasteiger partial charge in [-0.15, -0.1) is 12.4 Å². The zero-order valence-corrected chi connectivity index (χ0v) is 13.7. The summed E-state index contributed by atoms with van der Waals surface area (Å²) in [4.78, 5) is 23.8. The van der Waals surface area contributed by atoms with Crippen molar-refractivity contribution in [2.24, 2.45) is 5.92 Å². The van der Waals surface area contributed by atoms with Crippen LogP contribution >= 0.6 is 12.4 Å². The number of nitrogens with one attached hydrogen (secondary N) is 3. The lowest BCUT2D eigenvalue weighted by Gasteiger charge is -2.25. The van der Waals surface area contributed by atoms with Crippen LogP contribution in [0.3, 0.4) is 0 Å². The molecule has 6 nitrogen and oxygen atoms in total. The Balaban J connectivity index is 0.00000192. The van der Waals surface area contributed by atoms with Crippen molar-refractivity contribution in [3.8, 4) is 0 Å². The van der Waals surface area contributed by atoms with Crippen molar-refractivity contribution in [1.29, 1.82) is 0 Å². The second-order valence-corrected chi connectivity index (χ2v) is 5.76. The summed E-state index contributed by atoms with van der Waals surface area (Å²) in [6.45, 7) is 2.63. The lowest BCUT2D eigenvalue weighted by atomic mass is 10.0. The van der Waals surface area contributed by atoms with Crippen LogP contribution in [0.4, 0.5) is 5.69 Å². The van der Waals surface area contributed by atoms with E-state index in [1.165, 1.54) is 0 Å². The van der Waals surface area contributed by atoms with E-state index in [-0.39, 0.29) is 36.2 Å². The number of hydrogen-bond donors (Lipinski definition) is 3. The van der Waals surface area contributed by atoms with E-state index >= 15 is 0 Å². The first-order chi connectivity index (χ1) is 10.7. The Morgan fingerprint density at radius 3 is 2.74 bits per heavy atom. The van der Waals surface area contributed by atoms with Gasteiger partial charge in [0.15, 0.2) is 0 Å². The Morgan fingerprint density at radius 2 is 2.09 bits per heavy atom. The molecule has 0 spiro atoms. The van der Waals surface area contributed by atoms with E-state index in [4.69, 9.17) is 4.74 Å². The molecule has 2 heterocycles. The Kier molecular flexibility index (Phi) is 6.38. The molecule has 2 saturated heterocycles. The van der Waals surface area contributed by atoms with Crippen LogP contribution in [0.2, 0.25) is 0 Å². The van der Waals surface area contributed by atoms with Crippen LogP contribution in [0.15, 0.2) is 24.3 Å². The van der Waals surface area contributed by atoms with Gasteiger partial charge in [-0.05, 0) is 30.5 Å². The number of amides is 2. The maximum atomic E-state index is 12.0. The van der Waals surface area contributed by atoms with Crippen LogP contribution in [-0.2, 0) is 20.9 Å². The molecule has 0 aliphatic carbocycles. The molecule has 2 fully saturated rings. The van der Waals surface area contributed by atoms with Crippen LogP contribution in [0.25, 0.3) is 0 Å². The molecule has 2 aliphatic heterocycles. The first-order valence-corrected chi connectivity index (χ1v) is 7.72. The van der Waals surface area contributed by atoms with Crippen LogP contribution in [0, 0.1) is 5.92 Å². The average Bonchev–Trinajstić information content (AvgIpc) is 2.98. The summed E-state index contributed by atoms with van der Waals surface area (Å²) in [5.74, 6) is 0.0640. The van der Waals surface area contributed by atoms with Gasteiger partial charge in [0.1, 0.15) is 6.10 Å². The highest BCUT2D eigenvalue weighted by molar-refractivity contribution is 5.94. The van der Waals surface area contributed by atoms with Gasteiger partial charge in [-0.2, -0.15) is 0 Å². The third kappa shape index (κ3) is 4.67. The van der Waals surface area contributed by atoms with E-state index in [1.54, 1.807) is 0 Å². The summed E-state index contributed by atoms with van der Waals surface area (Å²) in [5, 5.41) is 8.87. The zero-order valence-electron chi connectivity index (χ0n) is 12.8. The molecule has 0 bridgehead atoms. The number of rotatable bonds is 5. The first kappa shape index (κ1) is 17.7. The molecule has 0 saturated carbocycles. The highest BCUT2D eigenvalue weighted by atomic mass is 35.5. The SMILES string of the molecule is Cl.O=C(NCc1cccc(NC(=O)C2CCCO2)c1)C1CNC1. The summed E-state index contributed by atoms with van der Waals surface area (Å²) in [6.07, 6.45) is 1.37. The molecule has 2 amide bonds. The lowest BCUT2D eigenvalue weighted by Crippen LogP contribution is -2.50. The molecule has 2 aliphatic rings. The average molecular weight is 340 g/mol. The van der Waals surface area contributed by atoms with Crippen LogP contribution in [0.1, 0.15) is 18.4 Å². The standard InChI is InChI=1S/C16H21N3O3.ClH/c20-15(12-9-17-10-12)18-8-11-3-1-4-13(7-11)19-16(21)14-5-2-6-22-14;/h1,3-4,7,12,14,17H,2,5-6,8-10H2,(H,18,20)(H,19,21);1H. The van der Waals surface area contributed by atoms with E-state index in [9.17, 15) is 9.59 Å². The minimum Gasteiger partial charge on any atom is -0.368 e. The highest BCUT2D eigenvalue weighted by Gasteiger charge is 2.25. The smallest absolute Gasteiger partial charge is 0.253 e. The molecule has 0 aromatic heterocycles. The minimum atomic E-state index is -0.338. The maximum absolute atomic E-state index is 12.0. The van der Waals surface area contributed by atoms with E-state index < -0.39 is 0 Å². The van der Waals surface area contributed by atoms with Gasteiger partial charge in [0, 0.05) is 31.9 Å². The molecule has 3 N–H and O–H groups in total. The number of halogens is 1. The largest absolute Gasteiger partial charge is 0.368 e. The summed E-state index contributed by atoms with van der Waals surface area (Å²) < 4.78 is 5.37. The second-order valence-electron chi connectivity index (χ2n) is 5.76. The van der Waals surface area contributed by atoms with Gasteiger partial charge in [-0.25, -0.2) is 0 Å². The van der Waals surface area contributed by atoms with Crippen LogP contribution in [0.5, 0.6) is 0 Å². The van der Waals surface area contributed by atoms with Crippen LogP contribution in [-0.4, -0.2) is 37.6 Å². The molecular weight excluding hydrogens is 318 g/mol. The minimum absolute atomic E-state index is 0. The number of benzene rings is 1. The van der Waals surface area contributed by atoms with Crippen molar-refractivity contribution in [1.82, 2.24) is 10.6 Å². The van der Waals surface area contributed by atoms with E-state index in [2.05, 4.69) is 16.0 Å². The number of ether oxygens (including phenoxy) is 1. The molecule has 1 aromatic rings. The van der Waals surface area contributed by atoms with Gasteiger partial charge in [0.05, 0.1) is 5.92 Å². The van der Waals surface area contributed by atoms with E-state index in [0.29, 0.717) is 13.2 Å². The van der Waals surface area contributed by atoms with E-state index in [1.807, 2.05) is 24.3 Å². The Labute approximate surface area is 141 Å². The Bertz CT molecular complexity index is 557. The molecule has 1 unspecified atom stereocenters. The first-order valence-electron chi connectivity index (χ1n) is 7.72. The molecule has 126 valence electrons. The zero-order chi connectivity index (χ0) is 15.4. The molecule has 7 heteroatoms. The van der Waals surface area contributed by atoms with Gasteiger partial charge in [0.2, 0.25) is 5.91 Å². The Hall–Kier alpha value is -1.63. The summed E-state index contributed by atoms with van der Waals surface area (Å²) >= 11 is 0. The quantitative estimate of drug-likeness (QED) is 0.749. The third-order valence-corrected chi connectivity index (χ3v) is 4.04. The van der Waals surface area contributed by atoms with Crippen molar-refractivity contribution in [3.63, 3.8) is 0 Å². The summed E-state index contributed by atoms with van der Waals surface area (Å²) in [6, 6.07) is 7.53. The second kappa shape index (κ2) is 8.29. The fourth-order valence-electron chi connectivity index (χ4n) is 2.57. The van der Waals surface area contributed by atoms with Gasteiger partial charge in [0.25, 0.3) is 5.91 Å². The maximum Gasteiger partial charge on any atom is 0.253 e. The summed E-state index contributed by atoms with van der Waals surface area (Å²) in [5.41, 5.74) is 1.70. The normalized spacial score (nSPS) is 20.3. The van der Waals surface area contributed by atoms with Crippen molar-refractivity contribution in [2.45, 2.75) is 25.5 Å². The highest BCUT2D eigenvalue weighted by Crippen LogP contribution is 2.16.